The molecule has 0 bridgehead atoms. The number of ether oxygens (including phenoxy) is 4. The van der Waals surface area contributed by atoms with Crippen molar-refractivity contribution < 1.29 is 23.7 Å². The van der Waals surface area contributed by atoms with Crippen molar-refractivity contribution in [1.29, 1.82) is 0 Å². The maximum absolute atomic E-state index is 11.9. The summed E-state index contributed by atoms with van der Waals surface area (Å²) in [6.07, 6.45) is 2.50. The number of carbonyl (C=O) groups excluding carboxylic acids is 1. The first-order valence-corrected chi connectivity index (χ1v) is 9.41. The molecule has 0 radical (unpaired) electrons. The van der Waals surface area contributed by atoms with Crippen molar-refractivity contribution in [2.24, 2.45) is 11.0 Å². The Hall–Kier alpha value is -3.22. The van der Waals surface area contributed by atoms with Crippen LogP contribution in [-0.4, -0.2) is 39.6 Å². The second kappa shape index (κ2) is 11.6. The van der Waals surface area contributed by atoms with E-state index in [9.17, 15) is 4.79 Å². The molecule has 0 saturated heterocycles. The van der Waals surface area contributed by atoms with E-state index in [0.717, 1.165) is 17.7 Å². The van der Waals surface area contributed by atoms with Gasteiger partial charge in [0.25, 0.3) is 5.91 Å². The zero-order chi connectivity index (χ0) is 21.1. The summed E-state index contributed by atoms with van der Waals surface area (Å²) in [6, 6.07) is 12.4. The summed E-state index contributed by atoms with van der Waals surface area (Å²) in [4.78, 5) is 11.9. The maximum Gasteiger partial charge on any atom is 0.277 e. The molecule has 2 aromatic rings. The van der Waals surface area contributed by atoms with Gasteiger partial charge in [-0.05, 0) is 60.4 Å². The first-order chi connectivity index (χ1) is 14.0. The summed E-state index contributed by atoms with van der Waals surface area (Å²) in [5.41, 5.74) is 3.20. The van der Waals surface area contributed by atoms with Crippen LogP contribution in [0.4, 0.5) is 0 Å². The molecular weight excluding hydrogens is 372 g/mol. The van der Waals surface area contributed by atoms with Gasteiger partial charge in [0.05, 0.1) is 27.0 Å². The van der Waals surface area contributed by atoms with E-state index < -0.39 is 0 Å². The Morgan fingerprint density at radius 1 is 1.00 bits per heavy atom. The van der Waals surface area contributed by atoms with Crippen LogP contribution >= 0.6 is 0 Å². The van der Waals surface area contributed by atoms with E-state index >= 15 is 0 Å². The number of methoxy groups -OCH3 is 2. The van der Waals surface area contributed by atoms with E-state index in [-0.39, 0.29) is 12.5 Å². The van der Waals surface area contributed by atoms with Gasteiger partial charge in [0.2, 0.25) is 0 Å². The van der Waals surface area contributed by atoms with E-state index in [1.807, 2.05) is 12.1 Å². The van der Waals surface area contributed by atoms with Crippen molar-refractivity contribution in [2.45, 2.75) is 20.3 Å². The predicted octanol–water partition coefficient (Wildman–Crippen LogP) is 3.66. The normalized spacial score (nSPS) is 10.8. The van der Waals surface area contributed by atoms with E-state index in [4.69, 9.17) is 18.9 Å². The quantitative estimate of drug-likeness (QED) is 0.460. The fourth-order valence-electron chi connectivity index (χ4n) is 2.32. The average Bonchev–Trinajstić information content (AvgIpc) is 2.73. The molecule has 0 unspecified atom stereocenters. The lowest BCUT2D eigenvalue weighted by atomic mass is 10.1. The number of hydrogen-bond acceptors (Lipinski definition) is 6. The Bertz CT molecular complexity index is 803. The molecule has 7 nitrogen and oxygen atoms in total. The van der Waals surface area contributed by atoms with Crippen molar-refractivity contribution in [1.82, 2.24) is 5.43 Å². The molecule has 2 aromatic carbocycles. The number of hydrogen-bond donors (Lipinski definition) is 1. The van der Waals surface area contributed by atoms with Gasteiger partial charge in [-0.2, -0.15) is 5.10 Å². The summed E-state index contributed by atoms with van der Waals surface area (Å²) < 4.78 is 21.6. The first kappa shape index (κ1) is 22.1. The standard InChI is InChI=1S/C22H28N2O5/c1-16(2)11-12-28-20-10-5-17(13-21(20)27-4)14-23-24-22(25)15-29-19-8-6-18(26-3)7-9-19/h5-10,13-14,16H,11-12,15H2,1-4H3,(H,24,25)/b23-14-. The zero-order valence-electron chi connectivity index (χ0n) is 17.3. The van der Waals surface area contributed by atoms with E-state index in [1.165, 1.54) is 6.21 Å². The third-order valence-electron chi connectivity index (χ3n) is 3.97. The number of nitrogens with zero attached hydrogens (tertiary/aromatic N) is 1. The number of rotatable bonds is 11. The monoisotopic (exact) mass is 400 g/mol. The molecule has 0 aliphatic carbocycles. The molecule has 0 heterocycles. The van der Waals surface area contributed by atoms with Crippen LogP contribution in [0.1, 0.15) is 25.8 Å². The highest BCUT2D eigenvalue weighted by Crippen LogP contribution is 2.28. The number of nitrogens with one attached hydrogen (secondary N) is 1. The Kier molecular flexibility index (Phi) is 8.82. The second-order valence-electron chi connectivity index (χ2n) is 6.70. The predicted molar refractivity (Wildman–Crippen MR) is 112 cm³/mol. The fourth-order valence-corrected chi connectivity index (χ4v) is 2.32. The van der Waals surface area contributed by atoms with Gasteiger partial charge < -0.3 is 18.9 Å². The molecule has 0 aromatic heterocycles. The van der Waals surface area contributed by atoms with E-state index in [1.54, 1.807) is 44.6 Å². The summed E-state index contributed by atoms with van der Waals surface area (Å²) in [5, 5.41) is 3.95. The highest BCUT2D eigenvalue weighted by Gasteiger charge is 2.06. The fraction of sp³-hybridized carbons (Fsp3) is 0.364. The molecule has 0 saturated carbocycles. The molecule has 29 heavy (non-hydrogen) atoms. The van der Waals surface area contributed by atoms with Gasteiger partial charge in [-0.25, -0.2) is 5.43 Å². The molecule has 2 rings (SSSR count). The second-order valence-corrected chi connectivity index (χ2v) is 6.70. The number of amides is 1. The van der Waals surface area contributed by atoms with E-state index in [0.29, 0.717) is 29.8 Å². The lowest BCUT2D eigenvalue weighted by molar-refractivity contribution is -0.123. The lowest BCUT2D eigenvalue weighted by Crippen LogP contribution is -2.24. The molecule has 0 spiro atoms. The highest BCUT2D eigenvalue weighted by molar-refractivity contribution is 5.83. The maximum atomic E-state index is 11.9. The molecule has 156 valence electrons. The summed E-state index contributed by atoms with van der Waals surface area (Å²) in [6.45, 7) is 4.79. The molecule has 7 heteroatoms. The van der Waals surface area contributed by atoms with Gasteiger partial charge in [0.1, 0.15) is 11.5 Å². The summed E-state index contributed by atoms with van der Waals surface area (Å²) in [5.74, 6) is 2.80. The minimum atomic E-state index is -0.363. The zero-order valence-corrected chi connectivity index (χ0v) is 17.3. The molecule has 0 fully saturated rings. The van der Waals surface area contributed by atoms with Crippen LogP contribution in [0.3, 0.4) is 0 Å². The van der Waals surface area contributed by atoms with Crippen LogP contribution in [0.25, 0.3) is 0 Å². The van der Waals surface area contributed by atoms with Crippen molar-refractivity contribution in [3.63, 3.8) is 0 Å². The van der Waals surface area contributed by atoms with Crippen LogP contribution in [0.5, 0.6) is 23.0 Å². The molecule has 1 N–H and O–H groups in total. The van der Waals surface area contributed by atoms with Crippen molar-refractivity contribution in [3.8, 4) is 23.0 Å². The van der Waals surface area contributed by atoms with Crippen LogP contribution < -0.4 is 24.4 Å². The SMILES string of the molecule is COc1ccc(OCC(=O)N/N=C\c2ccc(OCCC(C)C)c(OC)c2)cc1. The van der Waals surface area contributed by atoms with Crippen LogP contribution in [-0.2, 0) is 4.79 Å². The van der Waals surface area contributed by atoms with Gasteiger partial charge in [-0.15, -0.1) is 0 Å². The van der Waals surface area contributed by atoms with E-state index in [2.05, 4.69) is 24.4 Å². The third kappa shape index (κ3) is 7.73. The Morgan fingerprint density at radius 3 is 2.38 bits per heavy atom. The van der Waals surface area contributed by atoms with Crippen LogP contribution in [0.15, 0.2) is 47.6 Å². The number of hydrazone groups is 1. The van der Waals surface area contributed by atoms with Crippen molar-refractivity contribution >= 4 is 12.1 Å². The lowest BCUT2D eigenvalue weighted by Gasteiger charge is -2.12. The molecule has 0 atom stereocenters. The summed E-state index contributed by atoms with van der Waals surface area (Å²) in [7, 11) is 3.17. The number of carbonyl (C=O) groups is 1. The minimum Gasteiger partial charge on any atom is -0.497 e. The largest absolute Gasteiger partial charge is 0.497 e. The summed E-state index contributed by atoms with van der Waals surface area (Å²) >= 11 is 0. The Morgan fingerprint density at radius 2 is 1.72 bits per heavy atom. The van der Waals surface area contributed by atoms with Crippen molar-refractivity contribution in [3.05, 3.63) is 48.0 Å². The topological polar surface area (TPSA) is 78.4 Å². The molecule has 0 aliphatic rings. The van der Waals surface area contributed by atoms with Crippen LogP contribution in [0.2, 0.25) is 0 Å². The van der Waals surface area contributed by atoms with Gasteiger partial charge in [0.15, 0.2) is 18.1 Å². The van der Waals surface area contributed by atoms with Gasteiger partial charge >= 0.3 is 0 Å². The third-order valence-corrected chi connectivity index (χ3v) is 3.97. The number of benzene rings is 2. The smallest absolute Gasteiger partial charge is 0.277 e. The molecular formula is C22H28N2O5. The Balaban J connectivity index is 1.82. The minimum absolute atomic E-state index is 0.143. The van der Waals surface area contributed by atoms with Crippen LogP contribution in [0, 0.1) is 5.92 Å². The average molecular weight is 400 g/mol. The first-order valence-electron chi connectivity index (χ1n) is 9.41. The Labute approximate surface area is 171 Å². The van der Waals surface area contributed by atoms with Gasteiger partial charge in [0, 0.05) is 0 Å². The van der Waals surface area contributed by atoms with Gasteiger partial charge in [-0.3, -0.25) is 4.79 Å². The molecule has 1 amide bonds. The van der Waals surface area contributed by atoms with Gasteiger partial charge in [-0.1, -0.05) is 13.8 Å². The molecule has 0 aliphatic heterocycles. The van der Waals surface area contributed by atoms with Crippen molar-refractivity contribution in [2.75, 3.05) is 27.4 Å². The highest BCUT2D eigenvalue weighted by atomic mass is 16.5.